The number of nitrogens with one attached hydrogen (secondary N) is 2. The van der Waals surface area contributed by atoms with Gasteiger partial charge in [0.25, 0.3) is 0 Å². The van der Waals surface area contributed by atoms with Gasteiger partial charge in [-0.3, -0.25) is 4.79 Å². The van der Waals surface area contributed by atoms with Gasteiger partial charge in [-0.15, -0.1) is 0 Å². The Bertz CT molecular complexity index is 976. The summed E-state index contributed by atoms with van der Waals surface area (Å²) in [5.41, 5.74) is 4.11. The Morgan fingerprint density at radius 2 is 1.79 bits per heavy atom. The molecule has 0 aliphatic heterocycles. The molecule has 3 aromatic rings. The van der Waals surface area contributed by atoms with Crippen molar-refractivity contribution in [1.82, 2.24) is 10.3 Å². The number of hydrogen-bond donors (Lipinski definition) is 2. The largest absolute Gasteiger partial charge is 0.497 e. The standard InChI is InChI=1S/C22H24N2O4/c1-14(25)23-21(22(26)28-3)13-18-17-6-4-5-7-19(17)24-20(18)12-15-8-10-16(27-2)11-9-15/h4-11,21,24H,12-13H2,1-3H3,(H,23,25). The summed E-state index contributed by atoms with van der Waals surface area (Å²) < 4.78 is 10.1. The number of hydrogen-bond acceptors (Lipinski definition) is 4. The minimum absolute atomic E-state index is 0.271. The number of H-pyrrole nitrogens is 1. The Morgan fingerprint density at radius 3 is 2.43 bits per heavy atom. The predicted molar refractivity (Wildman–Crippen MR) is 107 cm³/mol. The van der Waals surface area contributed by atoms with Crippen molar-refractivity contribution in [2.75, 3.05) is 14.2 Å². The minimum atomic E-state index is -0.740. The van der Waals surface area contributed by atoms with E-state index < -0.39 is 12.0 Å². The van der Waals surface area contributed by atoms with Gasteiger partial charge < -0.3 is 19.8 Å². The monoisotopic (exact) mass is 380 g/mol. The van der Waals surface area contributed by atoms with Crippen molar-refractivity contribution in [1.29, 1.82) is 0 Å². The van der Waals surface area contributed by atoms with Crippen molar-refractivity contribution in [3.63, 3.8) is 0 Å². The lowest BCUT2D eigenvalue weighted by atomic mass is 9.98. The molecule has 1 aromatic heterocycles. The Balaban J connectivity index is 1.97. The third-order valence-corrected chi connectivity index (χ3v) is 4.71. The van der Waals surface area contributed by atoms with Crippen LogP contribution in [0.1, 0.15) is 23.7 Å². The molecule has 28 heavy (non-hydrogen) atoms. The minimum Gasteiger partial charge on any atom is -0.497 e. The van der Waals surface area contributed by atoms with Crippen LogP contribution in [-0.2, 0) is 27.2 Å². The van der Waals surface area contributed by atoms with Gasteiger partial charge in [-0.1, -0.05) is 30.3 Å². The van der Waals surface area contributed by atoms with E-state index in [9.17, 15) is 9.59 Å². The van der Waals surface area contributed by atoms with Crippen LogP contribution in [0, 0.1) is 0 Å². The summed E-state index contributed by atoms with van der Waals surface area (Å²) >= 11 is 0. The molecule has 0 aliphatic rings. The van der Waals surface area contributed by atoms with Gasteiger partial charge in [0.1, 0.15) is 11.8 Å². The van der Waals surface area contributed by atoms with E-state index >= 15 is 0 Å². The molecule has 0 bridgehead atoms. The van der Waals surface area contributed by atoms with Crippen LogP contribution in [0.5, 0.6) is 5.75 Å². The Morgan fingerprint density at radius 1 is 1.07 bits per heavy atom. The van der Waals surface area contributed by atoms with Crippen molar-refractivity contribution < 1.29 is 19.1 Å². The molecule has 1 heterocycles. The SMILES string of the molecule is COC(=O)C(Cc1c(Cc2ccc(OC)cc2)[nH]c2ccccc12)NC(C)=O. The second kappa shape index (κ2) is 8.61. The highest BCUT2D eigenvalue weighted by Gasteiger charge is 2.24. The summed E-state index contributed by atoms with van der Waals surface area (Å²) in [6, 6.07) is 15.1. The summed E-state index contributed by atoms with van der Waals surface area (Å²) in [6.07, 6.45) is 1.02. The van der Waals surface area contributed by atoms with Crippen LogP contribution in [0.25, 0.3) is 10.9 Å². The molecule has 2 N–H and O–H groups in total. The van der Waals surface area contributed by atoms with E-state index in [0.29, 0.717) is 12.8 Å². The molecule has 1 atom stereocenters. The lowest BCUT2D eigenvalue weighted by Gasteiger charge is -2.16. The van der Waals surface area contributed by atoms with Gasteiger partial charge in [-0.25, -0.2) is 4.79 Å². The third-order valence-electron chi connectivity index (χ3n) is 4.71. The van der Waals surface area contributed by atoms with Gasteiger partial charge in [0.15, 0.2) is 0 Å². The fourth-order valence-corrected chi connectivity index (χ4v) is 3.37. The van der Waals surface area contributed by atoms with Crippen molar-refractivity contribution >= 4 is 22.8 Å². The van der Waals surface area contributed by atoms with Gasteiger partial charge in [-0.05, 0) is 29.3 Å². The van der Waals surface area contributed by atoms with Gasteiger partial charge in [0, 0.05) is 36.4 Å². The maximum atomic E-state index is 12.2. The third kappa shape index (κ3) is 4.34. The first-order valence-corrected chi connectivity index (χ1v) is 9.08. The first-order chi connectivity index (χ1) is 13.5. The zero-order valence-electron chi connectivity index (χ0n) is 16.2. The van der Waals surface area contributed by atoms with Gasteiger partial charge in [0.05, 0.1) is 14.2 Å². The highest BCUT2D eigenvalue weighted by molar-refractivity contribution is 5.87. The lowest BCUT2D eigenvalue weighted by molar-refractivity contribution is -0.144. The highest BCUT2D eigenvalue weighted by Crippen LogP contribution is 2.26. The van der Waals surface area contributed by atoms with Crippen molar-refractivity contribution in [2.45, 2.75) is 25.8 Å². The van der Waals surface area contributed by atoms with Crippen molar-refractivity contribution in [3.8, 4) is 5.75 Å². The number of esters is 1. The summed E-state index contributed by atoms with van der Waals surface area (Å²) in [5, 5.41) is 3.73. The van der Waals surface area contributed by atoms with Gasteiger partial charge >= 0.3 is 5.97 Å². The molecule has 0 radical (unpaired) electrons. The zero-order chi connectivity index (χ0) is 20.1. The van der Waals surface area contributed by atoms with E-state index in [1.54, 1.807) is 7.11 Å². The number of rotatable bonds is 7. The molecule has 0 aliphatic carbocycles. The number of methoxy groups -OCH3 is 2. The molecule has 0 saturated carbocycles. The Labute approximate surface area is 163 Å². The fraction of sp³-hybridized carbons (Fsp3) is 0.273. The van der Waals surface area contributed by atoms with Crippen molar-refractivity contribution in [2.24, 2.45) is 0 Å². The second-order valence-corrected chi connectivity index (χ2v) is 6.63. The molecule has 3 rings (SSSR count). The number of aromatic amines is 1. The molecule has 6 nitrogen and oxygen atoms in total. The first kappa shape index (κ1) is 19.5. The zero-order valence-corrected chi connectivity index (χ0v) is 16.2. The molecule has 146 valence electrons. The molecule has 1 amide bonds. The normalized spacial score (nSPS) is 11.8. The van der Waals surface area contributed by atoms with E-state index in [0.717, 1.165) is 33.5 Å². The summed E-state index contributed by atoms with van der Waals surface area (Å²) in [6.45, 7) is 1.39. The molecule has 1 unspecified atom stereocenters. The van der Waals surface area contributed by atoms with Crippen LogP contribution in [0.15, 0.2) is 48.5 Å². The van der Waals surface area contributed by atoms with E-state index in [2.05, 4.69) is 10.3 Å². The fourth-order valence-electron chi connectivity index (χ4n) is 3.37. The van der Waals surface area contributed by atoms with E-state index in [1.807, 2.05) is 48.5 Å². The van der Waals surface area contributed by atoms with Crippen LogP contribution in [0.3, 0.4) is 0 Å². The Kier molecular flexibility index (Phi) is 5.99. The number of para-hydroxylation sites is 1. The maximum Gasteiger partial charge on any atom is 0.328 e. The van der Waals surface area contributed by atoms with Crippen LogP contribution in [-0.4, -0.2) is 37.1 Å². The predicted octanol–water partition coefficient (Wildman–Crippen LogP) is 2.99. The molecule has 0 spiro atoms. The van der Waals surface area contributed by atoms with Crippen LogP contribution in [0.2, 0.25) is 0 Å². The average molecular weight is 380 g/mol. The van der Waals surface area contributed by atoms with E-state index in [4.69, 9.17) is 9.47 Å². The quantitative estimate of drug-likeness (QED) is 0.618. The molecule has 0 saturated heterocycles. The molecular formula is C22H24N2O4. The first-order valence-electron chi connectivity index (χ1n) is 9.08. The molecule has 2 aromatic carbocycles. The Hall–Kier alpha value is -3.28. The van der Waals surface area contributed by atoms with Gasteiger partial charge in [0.2, 0.25) is 5.91 Å². The van der Waals surface area contributed by atoms with Crippen LogP contribution in [0.4, 0.5) is 0 Å². The van der Waals surface area contributed by atoms with Crippen LogP contribution >= 0.6 is 0 Å². The summed E-state index contributed by atoms with van der Waals surface area (Å²) in [4.78, 5) is 27.2. The average Bonchev–Trinajstić information content (AvgIpc) is 3.04. The highest BCUT2D eigenvalue weighted by atomic mass is 16.5. The van der Waals surface area contributed by atoms with Gasteiger partial charge in [-0.2, -0.15) is 0 Å². The second-order valence-electron chi connectivity index (χ2n) is 6.63. The number of carbonyl (C=O) groups excluding carboxylic acids is 2. The smallest absolute Gasteiger partial charge is 0.328 e. The topological polar surface area (TPSA) is 80.4 Å². The van der Waals surface area contributed by atoms with Crippen LogP contribution < -0.4 is 10.1 Å². The van der Waals surface area contributed by atoms with Crippen molar-refractivity contribution in [3.05, 3.63) is 65.4 Å². The molecular weight excluding hydrogens is 356 g/mol. The number of carbonyl (C=O) groups is 2. The summed E-state index contributed by atoms with van der Waals surface area (Å²) in [7, 11) is 2.96. The summed E-state index contributed by atoms with van der Waals surface area (Å²) in [5.74, 6) is 0.0693. The van der Waals surface area contributed by atoms with E-state index in [-0.39, 0.29) is 5.91 Å². The number of benzene rings is 2. The number of fused-ring (bicyclic) bond motifs is 1. The molecule has 0 fully saturated rings. The lowest BCUT2D eigenvalue weighted by Crippen LogP contribution is -2.42. The molecule has 6 heteroatoms. The number of amides is 1. The van der Waals surface area contributed by atoms with E-state index in [1.165, 1.54) is 14.0 Å². The number of aromatic nitrogens is 1. The number of ether oxygens (including phenoxy) is 2. The maximum absolute atomic E-state index is 12.2.